The number of nitrogens with one attached hydrogen (secondary N) is 1. The monoisotopic (exact) mass is 335 g/mol. The molecule has 0 radical (unpaired) electrons. The van der Waals surface area contributed by atoms with E-state index in [2.05, 4.69) is 5.32 Å². The molecule has 0 aromatic heterocycles. The van der Waals surface area contributed by atoms with Crippen LogP contribution in [-0.2, 0) is 4.79 Å². The zero-order valence-corrected chi connectivity index (χ0v) is 13.8. The van der Waals surface area contributed by atoms with E-state index in [9.17, 15) is 9.59 Å². The number of nitrogens with two attached hydrogens (primary N) is 1. The number of hydrogen-bond acceptors (Lipinski definition) is 3. The third-order valence-corrected chi connectivity index (χ3v) is 4.94. The lowest BCUT2D eigenvalue weighted by Crippen LogP contribution is -2.29. The fourth-order valence-electron chi connectivity index (χ4n) is 3.38. The molecule has 1 aromatic carbocycles. The van der Waals surface area contributed by atoms with Crippen LogP contribution in [0.25, 0.3) is 0 Å². The molecule has 1 saturated heterocycles. The third-order valence-electron chi connectivity index (χ3n) is 4.71. The van der Waals surface area contributed by atoms with Gasteiger partial charge in [-0.3, -0.25) is 9.59 Å². The molecule has 6 heteroatoms. The van der Waals surface area contributed by atoms with Gasteiger partial charge in [-0.1, -0.05) is 11.6 Å². The number of carbonyl (C=O) groups is 2. The third kappa shape index (κ3) is 3.67. The number of amides is 2. The van der Waals surface area contributed by atoms with E-state index < -0.39 is 0 Å². The fraction of sp³-hybridized carbons (Fsp3) is 0.529. The molecule has 1 aliphatic heterocycles. The Balaban J connectivity index is 1.78. The number of likely N-dealkylation sites (tertiary alicyclic amines) is 1. The second-order valence-corrected chi connectivity index (χ2v) is 6.88. The summed E-state index contributed by atoms with van der Waals surface area (Å²) in [6.45, 7) is 1.52. The van der Waals surface area contributed by atoms with Crippen LogP contribution in [0.1, 0.15) is 42.5 Å². The van der Waals surface area contributed by atoms with Gasteiger partial charge in [0.2, 0.25) is 5.91 Å². The van der Waals surface area contributed by atoms with Crippen LogP contribution < -0.4 is 11.1 Å². The van der Waals surface area contributed by atoms with Gasteiger partial charge in [0, 0.05) is 30.1 Å². The highest BCUT2D eigenvalue weighted by molar-refractivity contribution is 6.31. The summed E-state index contributed by atoms with van der Waals surface area (Å²) in [5.41, 5.74) is 6.89. The molecule has 1 aromatic rings. The standard InChI is InChI=1S/C17H22ClN3O2/c18-12-4-6-15(20-16(22)11-3-5-13(19)9-11)14(10-12)17(23)21-7-1-2-8-21/h4,6,10-11,13H,1-3,5,7-9,19H2,(H,20,22). The Hall–Kier alpha value is -1.59. The summed E-state index contributed by atoms with van der Waals surface area (Å²) in [7, 11) is 0. The van der Waals surface area contributed by atoms with E-state index in [0.717, 1.165) is 38.8 Å². The quantitative estimate of drug-likeness (QED) is 0.891. The molecule has 2 aliphatic rings. The molecule has 0 spiro atoms. The summed E-state index contributed by atoms with van der Waals surface area (Å²) in [6, 6.07) is 5.14. The first-order valence-electron chi connectivity index (χ1n) is 8.20. The lowest BCUT2D eigenvalue weighted by atomic mass is 10.1. The Bertz CT molecular complexity index is 614. The molecule has 124 valence electrons. The first-order valence-corrected chi connectivity index (χ1v) is 8.57. The van der Waals surface area contributed by atoms with Crippen molar-refractivity contribution in [2.45, 2.75) is 38.1 Å². The molecular formula is C17H22ClN3O2. The van der Waals surface area contributed by atoms with E-state index in [1.807, 2.05) is 4.90 Å². The number of anilines is 1. The van der Waals surface area contributed by atoms with Gasteiger partial charge in [-0.15, -0.1) is 0 Å². The van der Waals surface area contributed by atoms with Gasteiger partial charge in [0.15, 0.2) is 0 Å². The highest BCUT2D eigenvalue weighted by atomic mass is 35.5. The second kappa shape index (κ2) is 6.89. The van der Waals surface area contributed by atoms with Gasteiger partial charge in [0.25, 0.3) is 5.91 Å². The first-order chi connectivity index (χ1) is 11.0. The van der Waals surface area contributed by atoms with Gasteiger partial charge < -0.3 is 16.0 Å². The normalized spacial score (nSPS) is 24.0. The molecule has 2 atom stereocenters. The minimum Gasteiger partial charge on any atom is -0.339 e. The van der Waals surface area contributed by atoms with Gasteiger partial charge in [-0.25, -0.2) is 0 Å². The average molecular weight is 336 g/mol. The van der Waals surface area contributed by atoms with Crippen LogP contribution >= 0.6 is 11.6 Å². The first kappa shape index (κ1) is 16.3. The van der Waals surface area contributed by atoms with Crippen LogP contribution in [-0.4, -0.2) is 35.8 Å². The van der Waals surface area contributed by atoms with Crippen molar-refractivity contribution >= 4 is 29.1 Å². The van der Waals surface area contributed by atoms with Gasteiger partial charge in [0.05, 0.1) is 11.3 Å². The zero-order valence-electron chi connectivity index (χ0n) is 13.1. The molecule has 0 bridgehead atoms. The highest BCUT2D eigenvalue weighted by Gasteiger charge is 2.29. The summed E-state index contributed by atoms with van der Waals surface area (Å²) in [4.78, 5) is 26.9. The average Bonchev–Trinajstić information content (AvgIpc) is 3.19. The second-order valence-electron chi connectivity index (χ2n) is 6.45. The van der Waals surface area contributed by atoms with Crippen molar-refractivity contribution in [2.75, 3.05) is 18.4 Å². The molecule has 23 heavy (non-hydrogen) atoms. The zero-order chi connectivity index (χ0) is 16.4. The van der Waals surface area contributed by atoms with E-state index >= 15 is 0 Å². The van der Waals surface area contributed by atoms with Crippen LogP contribution in [0.5, 0.6) is 0 Å². The maximum absolute atomic E-state index is 12.7. The fourth-order valence-corrected chi connectivity index (χ4v) is 3.55. The minimum absolute atomic E-state index is 0.0595. The Morgan fingerprint density at radius 1 is 1.22 bits per heavy atom. The van der Waals surface area contributed by atoms with Crippen LogP contribution in [0.15, 0.2) is 18.2 Å². The molecular weight excluding hydrogens is 314 g/mol. The van der Waals surface area contributed by atoms with Crippen LogP contribution in [0, 0.1) is 5.92 Å². The van der Waals surface area contributed by atoms with E-state index in [4.69, 9.17) is 17.3 Å². The van der Waals surface area contributed by atoms with Crippen LogP contribution in [0.4, 0.5) is 5.69 Å². The number of rotatable bonds is 3. The van der Waals surface area contributed by atoms with Gasteiger partial charge in [-0.2, -0.15) is 0 Å². The SMILES string of the molecule is NC1CCC(C(=O)Nc2ccc(Cl)cc2C(=O)N2CCCC2)C1. The lowest BCUT2D eigenvalue weighted by molar-refractivity contribution is -0.119. The van der Waals surface area contributed by atoms with Gasteiger partial charge >= 0.3 is 0 Å². The number of hydrogen-bond donors (Lipinski definition) is 2. The molecule has 1 saturated carbocycles. The Morgan fingerprint density at radius 3 is 2.61 bits per heavy atom. The summed E-state index contributed by atoms with van der Waals surface area (Å²) >= 11 is 6.05. The number of halogens is 1. The van der Waals surface area contributed by atoms with Gasteiger partial charge in [-0.05, 0) is 50.3 Å². The number of carbonyl (C=O) groups excluding carboxylic acids is 2. The molecule has 3 N–H and O–H groups in total. The Morgan fingerprint density at radius 2 is 1.96 bits per heavy atom. The summed E-state index contributed by atoms with van der Waals surface area (Å²) in [5.74, 6) is -0.199. The van der Waals surface area contributed by atoms with Crippen LogP contribution in [0.3, 0.4) is 0 Å². The molecule has 1 heterocycles. The van der Waals surface area contributed by atoms with Crippen molar-refractivity contribution in [3.05, 3.63) is 28.8 Å². The largest absolute Gasteiger partial charge is 0.339 e. The topological polar surface area (TPSA) is 75.4 Å². The van der Waals surface area contributed by atoms with Gasteiger partial charge in [0.1, 0.15) is 0 Å². The molecule has 2 unspecified atom stereocenters. The maximum Gasteiger partial charge on any atom is 0.256 e. The van der Waals surface area contributed by atoms with Crippen molar-refractivity contribution in [1.29, 1.82) is 0 Å². The Kier molecular flexibility index (Phi) is 4.87. The molecule has 3 rings (SSSR count). The van der Waals surface area contributed by atoms with Crippen LogP contribution in [0.2, 0.25) is 5.02 Å². The van der Waals surface area contributed by atoms with E-state index in [0.29, 0.717) is 22.7 Å². The summed E-state index contributed by atoms with van der Waals surface area (Å²) in [6.07, 6.45) is 4.42. The smallest absolute Gasteiger partial charge is 0.256 e. The minimum atomic E-state index is -0.0737. The lowest BCUT2D eigenvalue weighted by Gasteiger charge is -2.19. The molecule has 1 aliphatic carbocycles. The molecule has 2 fully saturated rings. The predicted octanol–water partition coefficient (Wildman–Crippen LogP) is 2.64. The highest BCUT2D eigenvalue weighted by Crippen LogP contribution is 2.28. The van der Waals surface area contributed by atoms with E-state index in [1.54, 1.807) is 18.2 Å². The predicted molar refractivity (Wildman–Crippen MR) is 90.5 cm³/mol. The number of nitrogens with zero attached hydrogens (tertiary/aromatic N) is 1. The van der Waals surface area contributed by atoms with Crippen molar-refractivity contribution in [2.24, 2.45) is 11.7 Å². The van der Waals surface area contributed by atoms with E-state index in [-0.39, 0.29) is 23.8 Å². The molecule has 5 nitrogen and oxygen atoms in total. The van der Waals surface area contributed by atoms with Crippen molar-refractivity contribution < 1.29 is 9.59 Å². The Labute approximate surface area is 141 Å². The summed E-state index contributed by atoms with van der Waals surface area (Å²) < 4.78 is 0. The van der Waals surface area contributed by atoms with E-state index in [1.165, 1.54) is 0 Å². The van der Waals surface area contributed by atoms with Crippen molar-refractivity contribution in [1.82, 2.24) is 4.90 Å². The maximum atomic E-state index is 12.7. The van der Waals surface area contributed by atoms with Crippen molar-refractivity contribution in [3.63, 3.8) is 0 Å². The molecule has 2 amide bonds. The number of benzene rings is 1. The summed E-state index contributed by atoms with van der Waals surface area (Å²) in [5, 5.41) is 3.40. The van der Waals surface area contributed by atoms with Crippen molar-refractivity contribution in [3.8, 4) is 0 Å².